The van der Waals surface area contributed by atoms with Crippen molar-refractivity contribution in [2.24, 2.45) is 11.8 Å². The van der Waals surface area contributed by atoms with E-state index in [-0.39, 0.29) is 23.6 Å². The molecule has 4 rings (SSSR count). The normalized spacial score (nSPS) is 29.0. The zero-order chi connectivity index (χ0) is 27.4. The van der Waals surface area contributed by atoms with Crippen molar-refractivity contribution < 1.29 is 53.6 Å². The predicted octanol–water partition coefficient (Wildman–Crippen LogP) is 0.466. The van der Waals surface area contributed by atoms with Gasteiger partial charge >= 0.3 is 5.97 Å². The average molecular weight is 535 g/mol. The molecule has 0 amide bonds. The molecule has 0 aliphatic carbocycles. The Hall–Kier alpha value is -3.09. The minimum Gasteiger partial charge on any atom is -0.493 e. The van der Waals surface area contributed by atoms with Gasteiger partial charge in [0.1, 0.15) is 24.4 Å². The van der Waals surface area contributed by atoms with Gasteiger partial charge in [-0.05, 0) is 48.2 Å². The van der Waals surface area contributed by atoms with Gasteiger partial charge in [-0.15, -0.1) is 0 Å². The van der Waals surface area contributed by atoms with Crippen LogP contribution in [0.15, 0.2) is 36.4 Å². The molecular weight excluding hydrogens is 500 g/mol. The Morgan fingerprint density at radius 2 is 1.42 bits per heavy atom. The molecule has 2 saturated heterocycles. The smallest absolute Gasteiger partial charge is 0.309 e. The molecule has 4 N–H and O–H groups in total. The van der Waals surface area contributed by atoms with Gasteiger partial charge in [-0.3, -0.25) is 4.79 Å². The molecule has 2 heterocycles. The lowest BCUT2D eigenvalue weighted by Crippen LogP contribution is -2.60. The first kappa shape index (κ1) is 27.9. The van der Waals surface area contributed by atoms with Crippen LogP contribution in [-0.2, 0) is 27.1 Å². The van der Waals surface area contributed by atoms with Crippen LogP contribution in [0.4, 0.5) is 0 Å². The second kappa shape index (κ2) is 12.2. The maximum atomic E-state index is 12.6. The first-order chi connectivity index (χ1) is 18.3. The summed E-state index contributed by atoms with van der Waals surface area (Å²) in [5.41, 5.74) is 1.81. The molecule has 38 heavy (non-hydrogen) atoms. The highest BCUT2D eigenvalue weighted by molar-refractivity contribution is 5.75. The molecule has 7 atom stereocenters. The molecule has 0 radical (unpaired) electrons. The van der Waals surface area contributed by atoms with Crippen LogP contribution >= 0.6 is 0 Å². The first-order valence-electron chi connectivity index (χ1n) is 12.3. The third-order valence-electron chi connectivity index (χ3n) is 7.03. The molecular formula is C27H34O11. The zero-order valence-corrected chi connectivity index (χ0v) is 21.5. The average Bonchev–Trinajstić information content (AvgIpc) is 3.27. The Morgan fingerprint density at radius 1 is 0.816 bits per heavy atom. The molecule has 5 unspecified atom stereocenters. The lowest BCUT2D eigenvalue weighted by Gasteiger charge is -2.39. The van der Waals surface area contributed by atoms with Crippen LogP contribution in [0.5, 0.6) is 23.0 Å². The summed E-state index contributed by atoms with van der Waals surface area (Å²) in [6.45, 7) is -0.254. The van der Waals surface area contributed by atoms with Crippen molar-refractivity contribution in [3.63, 3.8) is 0 Å². The molecule has 208 valence electrons. The van der Waals surface area contributed by atoms with Gasteiger partial charge in [0, 0.05) is 5.92 Å². The quantitative estimate of drug-likeness (QED) is 0.315. The number of carbonyl (C=O) groups excluding carboxylic acids is 1. The van der Waals surface area contributed by atoms with E-state index in [0.29, 0.717) is 36.7 Å². The number of methoxy groups -OCH3 is 3. The fourth-order valence-corrected chi connectivity index (χ4v) is 4.85. The van der Waals surface area contributed by atoms with Crippen LogP contribution in [0.3, 0.4) is 0 Å². The van der Waals surface area contributed by atoms with Crippen LogP contribution < -0.4 is 18.9 Å². The molecule has 2 aliphatic rings. The summed E-state index contributed by atoms with van der Waals surface area (Å²) in [6, 6.07) is 10.8. The second-order valence-electron chi connectivity index (χ2n) is 9.39. The number of benzene rings is 2. The number of hydrogen-bond acceptors (Lipinski definition) is 11. The third-order valence-corrected chi connectivity index (χ3v) is 7.03. The topological polar surface area (TPSA) is 153 Å². The van der Waals surface area contributed by atoms with Crippen molar-refractivity contribution >= 4 is 5.97 Å². The van der Waals surface area contributed by atoms with Crippen LogP contribution in [0.2, 0.25) is 0 Å². The number of carbonyl (C=O) groups is 1. The first-order valence-corrected chi connectivity index (χ1v) is 12.3. The lowest BCUT2D eigenvalue weighted by molar-refractivity contribution is -0.277. The van der Waals surface area contributed by atoms with E-state index in [0.717, 1.165) is 11.1 Å². The second-order valence-corrected chi connectivity index (χ2v) is 9.39. The van der Waals surface area contributed by atoms with Gasteiger partial charge in [0.05, 0.1) is 40.5 Å². The van der Waals surface area contributed by atoms with Gasteiger partial charge in [0.25, 0.3) is 0 Å². The van der Waals surface area contributed by atoms with Crippen molar-refractivity contribution in [2.75, 3.05) is 34.5 Å². The summed E-state index contributed by atoms with van der Waals surface area (Å²) in [4.78, 5) is 12.6. The van der Waals surface area contributed by atoms with E-state index in [1.165, 1.54) is 7.11 Å². The van der Waals surface area contributed by atoms with Crippen molar-refractivity contribution in [1.82, 2.24) is 0 Å². The fraction of sp³-hybridized carbons (Fsp3) is 0.519. The molecule has 0 saturated carbocycles. The van der Waals surface area contributed by atoms with Crippen LogP contribution in [0.1, 0.15) is 11.1 Å². The van der Waals surface area contributed by atoms with E-state index >= 15 is 0 Å². The Morgan fingerprint density at radius 3 is 2.05 bits per heavy atom. The maximum Gasteiger partial charge on any atom is 0.309 e. The van der Waals surface area contributed by atoms with Gasteiger partial charge in [-0.25, -0.2) is 0 Å². The summed E-state index contributed by atoms with van der Waals surface area (Å²) >= 11 is 0. The van der Waals surface area contributed by atoms with Crippen molar-refractivity contribution in [2.45, 2.75) is 43.5 Å². The molecule has 0 bridgehead atoms. The predicted molar refractivity (Wildman–Crippen MR) is 132 cm³/mol. The number of hydrogen-bond donors (Lipinski definition) is 4. The molecule has 0 aromatic heterocycles. The molecule has 0 spiro atoms. The van der Waals surface area contributed by atoms with Crippen LogP contribution in [0, 0.1) is 11.8 Å². The molecule has 2 aromatic rings. The van der Waals surface area contributed by atoms with Crippen molar-refractivity contribution in [1.29, 1.82) is 0 Å². The Kier molecular flexibility index (Phi) is 8.95. The summed E-state index contributed by atoms with van der Waals surface area (Å²) in [6.07, 6.45) is -6.02. The molecule has 11 nitrogen and oxygen atoms in total. The van der Waals surface area contributed by atoms with E-state index in [1.807, 2.05) is 18.2 Å². The molecule has 2 fully saturated rings. The standard InChI is InChI=1S/C27H34O11/c1-33-18-6-4-14(10-20(18)34-2)8-16-13-36-26(32)17(16)9-15-5-7-19(21(11-15)35-3)37-27-25(31)24(30)23(29)22(12-28)38-27/h4-7,10-11,16-17,22-25,27-31H,8-9,12-13H2,1-3H3/t16-,17+,22?,23?,24?,25?,27?/m0/s1. The molecule has 2 aromatic carbocycles. The minimum atomic E-state index is -1.56. The number of rotatable bonds is 10. The highest BCUT2D eigenvalue weighted by Crippen LogP contribution is 2.36. The summed E-state index contributed by atoms with van der Waals surface area (Å²) in [5, 5.41) is 39.7. The fourth-order valence-electron chi connectivity index (χ4n) is 4.85. The Labute approximate surface area is 220 Å². The number of aliphatic hydroxyl groups excluding tert-OH is 4. The van der Waals surface area contributed by atoms with Gasteiger partial charge < -0.3 is 48.8 Å². The summed E-state index contributed by atoms with van der Waals surface area (Å²) in [7, 11) is 4.60. The Bertz CT molecular complexity index is 1100. The minimum absolute atomic E-state index is 0.0448. The maximum absolute atomic E-state index is 12.6. The van der Waals surface area contributed by atoms with E-state index in [9.17, 15) is 25.2 Å². The molecule has 11 heteroatoms. The van der Waals surface area contributed by atoms with Gasteiger partial charge in [-0.1, -0.05) is 12.1 Å². The lowest BCUT2D eigenvalue weighted by atomic mass is 9.85. The highest BCUT2D eigenvalue weighted by atomic mass is 16.7. The number of cyclic esters (lactones) is 1. The van der Waals surface area contributed by atoms with E-state index in [2.05, 4.69) is 0 Å². The van der Waals surface area contributed by atoms with Crippen LogP contribution in [0.25, 0.3) is 0 Å². The highest BCUT2D eigenvalue weighted by Gasteiger charge is 2.45. The van der Waals surface area contributed by atoms with Crippen LogP contribution in [-0.4, -0.2) is 91.6 Å². The van der Waals surface area contributed by atoms with E-state index in [1.54, 1.807) is 32.4 Å². The third kappa shape index (κ3) is 5.82. The number of ether oxygens (including phenoxy) is 6. The largest absolute Gasteiger partial charge is 0.493 e. The molecule has 2 aliphatic heterocycles. The van der Waals surface area contributed by atoms with Gasteiger partial charge in [0.15, 0.2) is 23.0 Å². The summed E-state index contributed by atoms with van der Waals surface area (Å²) < 4.78 is 32.7. The van der Waals surface area contributed by atoms with Crippen molar-refractivity contribution in [3.8, 4) is 23.0 Å². The monoisotopic (exact) mass is 534 g/mol. The number of aliphatic hydroxyl groups is 4. The number of esters is 1. The van der Waals surface area contributed by atoms with Gasteiger partial charge in [0.2, 0.25) is 6.29 Å². The Balaban J connectivity index is 1.47. The SMILES string of the molecule is COc1ccc(C[C@H]2COC(=O)[C@@H]2Cc2ccc(OC3OC(CO)C(O)C(O)C3O)c(OC)c2)cc1OC. The van der Waals surface area contributed by atoms with E-state index in [4.69, 9.17) is 28.4 Å². The summed E-state index contributed by atoms with van der Waals surface area (Å²) in [5.74, 6) is 1.10. The van der Waals surface area contributed by atoms with E-state index < -0.39 is 37.3 Å². The van der Waals surface area contributed by atoms with Gasteiger partial charge in [-0.2, -0.15) is 0 Å². The van der Waals surface area contributed by atoms with Crippen molar-refractivity contribution in [3.05, 3.63) is 47.5 Å². The zero-order valence-electron chi connectivity index (χ0n) is 21.5.